The van der Waals surface area contributed by atoms with Gasteiger partial charge in [-0.15, -0.1) is 0 Å². The predicted octanol–water partition coefficient (Wildman–Crippen LogP) is 2.72. The Morgan fingerprint density at radius 2 is 2.05 bits per heavy atom. The average Bonchev–Trinajstić information content (AvgIpc) is 2.90. The number of nitrogens with zero attached hydrogens (tertiary/aromatic N) is 4. The van der Waals surface area contributed by atoms with Gasteiger partial charge in [-0.05, 0) is 19.1 Å². The molecule has 0 N–H and O–H groups in total. The molecule has 0 unspecified atom stereocenters. The summed E-state index contributed by atoms with van der Waals surface area (Å²) >= 11 is 0. The highest BCUT2D eigenvalue weighted by atomic mass is 16.4. The van der Waals surface area contributed by atoms with Crippen LogP contribution in [0.1, 0.15) is 17.1 Å². The molecule has 0 atom stereocenters. The SMILES string of the molecule is Cc1nc(C)c(-c2nc3c(C#N)cccc3n2C)o1. The van der Waals surface area contributed by atoms with Crippen LogP contribution >= 0.6 is 0 Å². The zero-order chi connectivity index (χ0) is 13.6. The van der Waals surface area contributed by atoms with Crippen molar-refractivity contribution in [3.8, 4) is 17.7 Å². The van der Waals surface area contributed by atoms with Crippen LogP contribution in [-0.4, -0.2) is 14.5 Å². The first kappa shape index (κ1) is 11.5. The molecule has 5 nitrogen and oxygen atoms in total. The minimum Gasteiger partial charge on any atom is -0.437 e. The van der Waals surface area contributed by atoms with Crippen molar-refractivity contribution in [2.45, 2.75) is 13.8 Å². The summed E-state index contributed by atoms with van der Waals surface area (Å²) in [7, 11) is 1.91. The van der Waals surface area contributed by atoms with Gasteiger partial charge in [-0.1, -0.05) is 6.07 Å². The molecule has 0 saturated heterocycles. The molecule has 3 aromatic rings. The predicted molar refractivity (Wildman–Crippen MR) is 70.4 cm³/mol. The Balaban J connectivity index is 2.35. The molecule has 1 aromatic carbocycles. The van der Waals surface area contributed by atoms with Gasteiger partial charge in [0.05, 0.1) is 16.8 Å². The zero-order valence-electron chi connectivity index (χ0n) is 10.9. The van der Waals surface area contributed by atoms with Crippen molar-refractivity contribution in [2.75, 3.05) is 0 Å². The van der Waals surface area contributed by atoms with Gasteiger partial charge in [-0.25, -0.2) is 9.97 Å². The van der Waals surface area contributed by atoms with Crippen molar-refractivity contribution in [2.24, 2.45) is 7.05 Å². The quantitative estimate of drug-likeness (QED) is 0.667. The first-order chi connectivity index (χ1) is 9.11. The van der Waals surface area contributed by atoms with E-state index in [9.17, 15) is 0 Å². The number of aromatic nitrogens is 3. The van der Waals surface area contributed by atoms with Gasteiger partial charge in [0.1, 0.15) is 11.6 Å². The first-order valence-electron chi connectivity index (χ1n) is 5.91. The van der Waals surface area contributed by atoms with E-state index < -0.39 is 0 Å². The van der Waals surface area contributed by atoms with E-state index in [0.717, 1.165) is 11.2 Å². The third-order valence-corrected chi connectivity index (χ3v) is 3.14. The van der Waals surface area contributed by atoms with Crippen molar-refractivity contribution >= 4 is 11.0 Å². The Morgan fingerprint density at radius 3 is 2.68 bits per heavy atom. The highest BCUT2D eigenvalue weighted by Crippen LogP contribution is 2.28. The third kappa shape index (κ3) is 1.61. The Hall–Kier alpha value is -2.61. The number of hydrogen-bond donors (Lipinski definition) is 0. The Morgan fingerprint density at radius 1 is 1.26 bits per heavy atom. The van der Waals surface area contributed by atoms with E-state index in [4.69, 9.17) is 9.68 Å². The lowest BCUT2D eigenvalue weighted by Gasteiger charge is -1.99. The zero-order valence-corrected chi connectivity index (χ0v) is 10.9. The van der Waals surface area contributed by atoms with Crippen LogP contribution in [0.2, 0.25) is 0 Å². The van der Waals surface area contributed by atoms with E-state index in [2.05, 4.69) is 16.0 Å². The lowest BCUT2D eigenvalue weighted by molar-refractivity contribution is 0.528. The smallest absolute Gasteiger partial charge is 0.193 e. The van der Waals surface area contributed by atoms with Crippen molar-refractivity contribution in [1.29, 1.82) is 5.26 Å². The van der Waals surface area contributed by atoms with Crippen LogP contribution in [0.5, 0.6) is 0 Å². The van der Waals surface area contributed by atoms with Gasteiger partial charge in [0.25, 0.3) is 0 Å². The lowest BCUT2D eigenvalue weighted by Crippen LogP contribution is -1.92. The fraction of sp³-hybridized carbons (Fsp3) is 0.214. The van der Waals surface area contributed by atoms with Gasteiger partial charge in [0.2, 0.25) is 0 Å². The van der Waals surface area contributed by atoms with Gasteiger partial charge < -0.3 is 8.98 Å². The average molecular weight is 252 g/mol. The normalized spacial score (nSPS) is 10.8. The highest BCUT2D eigenvalue weighted by molar-refractivity contribution is 5.85. The fourth-order valence-electron chi connectivity index (χ4n) is 2.25. The molecule has 19 heavy (non-hydrogen) atoms. The van der Waals surface area contributed by atoms with Gasteiger partial charge in [0.15, 0.2) is 17.5 Å². The maximum Gasteiger partial charge on any atom is 0.193 e. The van der Waals surface area contributed by atoms with Crippen LogP contribution in [0.4, 0.5) is 0 Å². The monoisotopic (exact) mass is 252 g/mol. The molecule has 0 aliphatic carbocycles. The van der Waals surface area contributed by atoms with Crippen molar-refractivity contribution in [3.63, 3.8) is 0 Å². The molecule has 0 amide bonds. The van der Waals surface area contributed by atoms with Crippen LogP contribution < -0.4 is 0 Å². The van der Waals surface area contributed by atoms with Crippen molar-refractivity contribution < 1.29 is 4.42 Å². The summed E-state index contributed by atoms with van der Waals surface area (Å²) in [6.07, 6.45) is 0. The number of rotatable bonds is 1. The van der Waals surface area contributed by atoms with E-state index in [1.165, 1.54) is 0 Å². The Bertz CT molecular complexity index is 820. The molecule has 0 bridgehead atoms. The molecular weight excluding hydrogens is 240 g/mol. The third-order valence-electron chi connectivity index (χ3n) is 3.14. The van der Waals surface area contributed by atoms with E-state index in [1.54, 1.807) is 13.0 Å². The standard InChI is InChI=1S/C14H12N4O/c1-8-13(19-9(2)16-8)14-17-12-10(7-15)5-4-6-11(12)18(14)3/h4-6H,1-3H3. The van der Waals surface area contributed by atoms with E-state index >= 15 is 0 Å². The molecule has 2 heterocycles. The maximum absolute atomic E-state index is 9.13. The van der Waals surface area contributed by atoms with E-state index in [-0.39, 0.29) is 0 Å². The van der Waals surface area contributed by atoms with Crippen LogP contribution in [0, 0.1) is 25.2 Å². The number of benzene rings is 1. The van der Waals surface area contributed by atoms with Gasteiger partial charge >= 0.3 is 0 Å². The van der Waals surface area contributed by atoms with Gasteiger partial charge in [-0.3, -0.25) is 0 Å². The minimum atomic E-state index is 0.563. The summed E-state index contributed by atoms with van der Waals surface area (Å²) in [6, 6.07) is 7.71. The molecule has 5 heteroatoms. The summed E-state index contributed by atoms with van der Waals surface area (Å²) in [5.41, 5.74) is 2.96. The lowest BCUT2D eigenvalue weighted by atomic mass is 10.2. The summed E-state index contributed by atoms with van der Waals surface area (Å²) in [5.74, 6) is 1.95. The Kier molecular flexibility index (Phi) is 2.39. The molecule has 0 spiro atoms. The molecule has 0 aliphatic rings. The molecule has 0 radical (unpaired) electrons. The van der Waals surface area contributed by atoms with Crippen LogP contribution in [0.25, 0.3) is 22.6 Å². The van der Waals surface area contributed by atoms with Crippen molar-refractivity contribution in [3.05, 3.63) is 35.3 Å². The van der Waals surface area contributed by atoms with E-state index in [1.807, 2.05) is 30.7 Å². The van der Waals surface area contributed by atoms with Crippen LogP contribution in [0.15, 0.2) is 22.6 Å². The minimum absolute atomic E-state index is 0.563. The van der Waals surface area contributed by atoms with Gasteiger partial charge in [-0.2, -0.15) is 5.26 Å². The second-order valence-corrected chi connectivity index (χ2v) is 4.43. The van der Waals surface area contributed by atoms with Gasteiger partial charge in [0, 0.05) is 14.0 Å². The summed E-state index contributed by atoms with van der Waals surface area (Å²) in [6.45, 7) is 3.69. The number of nitriles is 1. The second-order valence-electron chi connectivity index (χ2n) is 4.43. The number of para-hydroxylation sites is 1. The largest absolute Gasteiger partial charge is 0.437 e. The molecular formula is C14H12N4O. The molecule has 0 saturated carbocycles. The van der Waals surface area contributed by atoms with E-state index in [0.29, 0.717) is 28.6 Å². The first-order valence-corrected chi connectivity index (χ1v) is 5.91. The molecule has 3 rings (SSSR count). The number of imidazole rings is 1. The number of hydrogen-bond acceptors (Lipinski definition) is 4. The topological polar surface area (TPSA) is 67.6 Å². The Labute approximate surface area is 110 Å². The summed E-state index contributed by atoms with van der Waals surface area (Å²) in [4.78, 5) is 8.79. The maximum atomic E-state index is 9.13. The second kappa shape index (κ2) is 3.95. The van der Waals surface area contributed by atoms with Crippen molar-refractivity contribution in [1.82, 2.24) is 14.5 Å². The molecule has 0 fully saturated rings. The summed E-state index contributed by atoms with van der Waals surface area (Å²) < 4.78 is 7.53. The molecule has 94 valence electrons. The molecule has 0 aliphatic heterocycles. The number of fused-ring (bicyclic) bond motifs is 1. The summed E-state index contributed by atoms with van der Waals surface area (Å²) in [5, 5.41) is 9.13. The number of oxazole rings is 1. The van der Waals surface area contributed by atoms with Crippen LogP contribution in [-0.2, 0) is 7.05 Å². The molecule has 2 aromatic heterocycles. The van der Waals surface area contributed by atoms with Crippen LogP contribution in [0.3, 0.4) is 0 Å². The number of aryl methyl sites for hydroxylation is 3. The highest BCUT2D eigenvalue weighted by Gasteiger charge is 2.18. The fourth-order valence-corrected chi connectivity index (χ4v) is 2.25.